The molecule has 2 nitrogen and oxygen atoms in total. The molecule has 1 aromatic rings. The number of hydrogen-bond donors (Lipinski definition) is 1. The monoisotopic (exact) mass is 156 g/mol. The summed E-state index contributed by atoms with van der Waals surface area (Å²) in [5.74, 6) is 0. The van der Waals surface area contributed by atoms with E-state index in [9.17, 15) is 0 Å². The highest BCUT2D eigenvalue weighted by Gasteiger charge is 2.15. The van der Waals surface area contributed by atoms with Crippen molar-refractivity contribution in [3.05, 3.63) is 18.0 Å². The molecule has 0 amide bonds. The van der Waals surface area contributed by atoms with Gasteiger partial charge in [-0.2, -0.15) is 17.7 Å². The lowest BCUT2D eigenvalue weighted by Crippen LogP contribution is -2.05. The first-order chi connectivity index (χ1) is 4.50. The van der Waals surface area contributed by atoms with Gasteiger partial charge in [0.25, 0.3) is 0 Å². The number of nitrogens with zero attached hydrogens (tertiary/aromatic N) is 2. The lowest BCUT2D eigenvalue weighted by molar-refractivity contribution is 0.758. The zero-order chi connectivity index (χ0) is 7.78. The Bertz CT molecular complexity index is 222. The van der Waals surface area contributed by atoms with Crippen LogP contribution in [0.25, 0.3) is 0 Å². The Balaban J connectivity index is 2.96. The van der Waals surface area contributed by atoms with Gasteiger partial charge in [0.2, 0.25) is 0 Å². The Kier molecular flexibility index (Phi) is 1.77. The summed E-state index contributed by atoms with van der Waals surface area (Å²) < 4.78 is 1.71. The maximum atomic E-state index is 4.40. The van der Waals surface area contributed by atoms with Gasteiger partial charge in [-0.05, 0) is 13.8 Å². The first kappa shape index (κ1) is 7.66. The van der Waals surface area contributed by atoms with Gasteiger partial charge < -0.3 is 0 Å². The number of aromatic nitrogens is 2. The first-order valence-electron chi connectivity index (χ1n) is 3.21. The molecule has 0 spiro atoms. The summed E-state index contributed by atoms with van der Waals surface area (Å²) in [4.78, 5) is 0. The molecule has 1 rings (SSSR count). The van der Waals surface area contributed by atoms with E-state index in [2.05, 4.69) is 17.7 Å². The zero-order valence-electron chi connectivity index (χ0n) is 6.50. The van der Waals surface area contributed by atoms with Crippen molar-refractivity contribution in [3.8, 4) is 0 Å². The molecular formula is C7H12N2S. The smallest absolute Gasteiger partial charge is 0.0535 e. The van der Waals surface area contributed by atoms with E-state index in [1.165, 1.54) is 0 Å². The number of aryl methyl sites for hydroxylation is 1. The highest BCUT2D eigenvalue weighted by Crippen LogP contribution is 2.25. The molecule has 0 aromatic carbocycles. The van der Waals surface area contributed by atoms with Gasteiger partial charge in [-0.3, -0.25) is 4.68 Å². The summed E-state index contributed by atoms with van der Waals surface area (Å²) >= 11 is 4.40. The third-order valence-electron chi connectivity index (χ3n) is 1.41. The summed E-state index contributed by atoms with van der Waals surface area (Å²) in [6, 6.07) is 0. The van der Waals surface area contributed by atoms with Crippen molar-refractivity contribution in [1.82, 2.24) is 9.78 Å². The minimum absolute atomic E-state index is 0.0751. The van der Waals surface area contributed by atoms with Gasteiger partial charge in [-0.1, -0.05) is 0 Å². The van der Waals surface area contributed by atoms with Crippen LogP contribution in [-0.2, 0) is 11.8 Å². The maximum absolute atomic E-state index is 4.40. The lowest BCUT2D eigenvalue weighted by Gasteiger charge is -2.13. The normalized spacial score (nSPS) is 12.0. The molecule has 56 valence electrons. The van der Waals surface area contributed by atoms with Crippen molar-refractivity contribution in [2.75, 3.05) is 0 Å². The van der Waals surface area contributed by atoms with Crippen LogP contribution in [0.15, 0.2) is 12.4 Å². The second-order valence-electron chi connectivity index (χ2n) is 2.96. The Labute approximate surface area is 66.7 Å². The Morgan fingerprint density at radius 3 is 2.40 bits per heavy atom. The molecule has 0 atom stereocenters. The summed E-state index contributed by atoms with van der Waals surface area (Å²) in [6.07, 6.45) is 3.82. The van der Waals surface area contributed by atoms with Crippen molar-refractivity contribution in [1.29, 1.82) is 0 Å². The van der Waals surface area contributed by atoms with Crippen molar-refractivity contribution in [2.24, 2.45) is 7.05 Å². The molecule has 0 aliphatic rings. The topological polar surface area (TPSA) is 17.8 Å². The Hall–Kier alpha value is -0.440. The molecule has 0 unspecified atom stereocenters. The summed E-state index contributed by atoms with van der Waals surface area (Å²) in [6.45, 7) is 4.10. The van der Waals surface area contributed by atoms with E-state index >= 15 is 0 Å². The van der Waals surface area contributed by atoms with Gasteiger partial charge in [0, 0.05) is 23.6 Å². The van der Waals surface area contributed by atoms with E-state index in [4.69, 9.17) is 0 Å². The molecule has 0 fully saturated rings. The first-order valence-corrected chi connectivity index (χ1v) is 3.66. The van der Waals surface area contributed by atoms with Crippen LogP contribution in [0.3, 0.4) is 0 Å². The quantitative estimate of drug-likeness (QED) is 0.611. The van der Waals surface area contributed by atoms with E-state index in [1.54, 1.807) is 4.68 Å². The van der Waals surface area contributed by atoms with Gasteiger partial charge in [0.15, 0.2) is 0 Å². The highest BCUT2D eigenvalue weighted by atomic mass is 32.1. The van der Waals surface area contributed by atoms with Crippen LogP contribution in [0.4, 0.5) is 0 Å². The van der Waals surface area contributed by atoms with E-state index < -0.39 is 0 Å². The van der Waals surface area contributed by atoms with E-state index in [-0.39, 0.29) is 4.75 Å². The molecule has 0 saturated heterocycles. The SMILES string of the molecule is Cn1cc(C(C)(C)S)cn1. The largest absolute Gasteiger partial charge is 0.275 e. The van der Waals surface area contributed by atoms with Crippen LogP contribution in [0.1, 0.15) is 19.4 Å². The molecule has 1 aromatic heterocycles. The fourth-order valence-electron chi connectivity index (χ4n) is 0.737. The third-order valence-corrected chi connectivity index (χ3v) is 1.67. The third kappa shape index (κ3) is 1.53. The molecule has 0 saturated carbocycles. The highest BCUT2D eigenvalue weighted by molar-refractivity contribution is 7.81. The van der Waals surface area contributed by atoms with E-state index in [0.717, 1.165) is 5.56 Å². The second-order valence-corrected chi connectivity index (χ2v) is 4.08. The number of rotatable bonds is 1. The van der Waals surface area contributed by atoms with Crippen LogP contribution in [-0.4, -0.2) is 9.78 Å². The second kappa shape index (κ2) is 2.31. The maximum Gasteiger partial charge on any atom is 0.0535 e. The fraction of sp³-hybridized carbons (Fsp3) is 0.571. The summed E-state index contributed by atoms with van der Waals surface area (Å²) in [5, 5.41) is 4.05. The molecule has 3 heteroatoms. The van der Waals surface area contributed by atoms with E-state index in [1.807, 2.05) is 33.3 Å². The van der Waals surface area contributed by atoms with Crippen LogP contribution in [0, 0.1) is 0 Å². The van der Waals surface area contributed by atoms with Crippen molar-refractivity contribution in [2.45, 2.75) is 18.6 Å². The van der Waals surface area contributed by atoms with Crippen LogP contribution < -0.4 is 0 Å². The van der Waals surface area contributed by atoms with Gasteiger partial charge in [-0.15, -0.1) is 0 Å². The molecular weight excluding hydrogens is 144 g/mol. The van der Waals surface area contributed by atoms with Crippen LogP contribution in [0.2, 0.25) is 0 Å². The van der Waals surface area contributed by atoms with Gasteiger partial charge in [0.05, 0.1) is 6.20 Å². The summed E-state index contributed by atoms with van der Waals surface area (Å²) in [5.41, 5.74) is 1.15. The molecule has 0 radical (unpaired) electrons. The molecule has 0 bridgehead atoms. The van der Waals surface area contributed by atoms with Crippen molar-refractivity contribution >= 4 is 12.6 Å². The Morgan fingerprint density at radius 1 is 1.60 bits per heavy atom. The lowest BCUT2D eigenvalue weighted by atomic mass is 10.1. The molecule has 0 aliphatic carbocycles. The van der Waals surface area contributed by atoms with Gasteiger partial charge in [-0.25, -0.2) is 0 Å². The predicted molar refractivity (Wildman–Crippen MR) is 45.2 cm³/mol. The van der Waals surface area contributed by atoms with Gasteiger partial charge in [0.1, 0.15) is 0 Å². The van der Waals surface area contributed by atoms with Crippen molar-refractivity contribution in [3.63, 3.8) is 0 Å². The fourth-order valence-corrected chi connectivity index (χ4v) is 0.853. The van der Waals surface area contributed by atoms with Crippen molar-refractivity contribution < 1.29 is 0 Å². The van der Waals surface area contributed by atoms with E-state index in [0.29, 0.717) is 0 Å². The van der Waals surface area contributed by atoms with Crippen LogP contribution in [0.5, 0.6) is 0 Å². The minimum atomic E-state index is -0.0751. The molecule has 1 heterocycles. The molecule has 0 N–H and O–H groups in total. The molecule has 0 aliphatic heterocycles. The molecule has 10 heavy (non-hydrogen) atoms. The zero-order valence-corrected chi connectivity index (χ0v) is 7.39. The summed E-state index contributed by atoms with van der Waals surface area (Å²) in [7, 11) is 1.91. The van der Waals surface area contributed by atoms with Gasteiger partial charge >= 0.3 is 0 Å². The number of hydrogen-bond acceptors (Lipinski definition) is 2. The number of thiol groups is 1. The predicted octanol–water partition coefficient (Wildman–Crippen LogP) is 1.58. The average Bonchev–Trinajstić information content (AvgIpc) is 2.11. The van der Waals surface area contributed by atoms with Crippen LogP contribution >= 0.6 is 12.6 Å². The standard InChI is InChI=1S/C7H12N2S/c1-7(2,10)6-4-8-9(3)5-6/h4-5,10H,1-3H3. The Morgan fingerprint density at radius 2 is 2.20 bits per heavy atom. The minimum Gasteiger partial charge on any atom is -0.275 e. The average molecular weight is 156 g/mol.